The van der Waals surface area contributed by atoms with Gasteiger partial charge < -0.3 is 10.2 Å². The molecule has 2 fully saturated rings. The van der Waals surface area contributed by atoms with Gasteiger partial charge in [-0.25, -0.2) is 4.98 Å². The van der Waals surface area contributed by atoms with Crippen molar-refractivity contribution in [1.29, 1.82) is 0 Å². The number of piperidine rings is 1. The summed E-state index contributed by atoms with van der Waals surface area (Å²) in [6.45, 7) is 2.06. The van der Waals surface area contributed by atoms with Crippen LogP contribution in [0.15, 0.2) is 22.6 Å². The standard InChI is InChI=1S/C14H17N3O/c15-10-2-4-13-12(6-10)16-14(18-13)8-17-7-9-1-3-11(17)5-9/h2,4,6,9,11H,1,3,5,7-8,15H2. The molecule has 1 aromatic carbocycles. The lowest BCUT2D eigenvalue weighted by Crippen LogP contribution is -2.31. The normalized spacial score (nSPS) is 27.3. The highest BCUT2D eigenvalue weighted by Crippen LogP contribution is 2.38. The van der Waals surface area contributed by atoms with Crippen molar-refractivity contribution in [3.8, 4) is 0 Å². The topological polar surface area (TPSA) is 55.3 Å². The molecule has 18 heavy (non-hydrogen) atoms. The van der Waals surface area contributed by atoms with Gasteiger partial charge in [-0.2, -0.15) is 0 Å². The molecule has 0 amide bonds. The number of rotatable bonds is 2. The molecule has 1 aliphatic heterocycles. The molecule has 2 aliphatic rings. The van der Waals surface area contributed by atoms with E-state index < -0.39 is 0 Å². The highest BCUT2D eigenvalue weighted by molar-refractivity contribution is 5.76. The number of likely N-dealkylation sites (tertiary alicyclic amines) is 1. The Balaban J connectivity index is 1.59. The van der Waals surface area contributed by atoms with Crippen LogP contribution < -0.4 is 5.73 Å². The number of benzene rings is 1. The van der Waals surface area contributed by atoms with E-state index in [-0.39, 0.29) is 0 Å². The summed E-state index contributed by atoms with van der Waals surface area (Å²) in [6, 6.07) is 6.39. The number of oxazole rings is 1. The molecular weight excluding hydrogens is 226 g/mol. The van der Waals surface area contributed by atoms with Crippen LogP contribution in [0.25, 0.3) is 11.1 Å². The van der Waals surface area contributed by atoms with Crippen LogP contribution in [0.5, 0.6) is 0 Å². The zero-order chi connectivity index (χ0) is 12.1. The van der Waals surface area contributed by atoms with Gasteiger partial charge in [-0.3, -0.25) is 4.90 Å². The Morgan fingerprint density at radius 2 is 2.33 bits per heavy atom. The fourth-order valence-corrected chi connectivity index (χ4v) is 3.45. The molecule has 0 radical (unpaired) electrons. The second-order valence-corrected chi connectivity index (χ2v) is 5.60. The summed E-state index contributed by atoms with van der Waals surface area (Å²) in [5.74, 6) is 1.73. The summed E-state index contributed by atoms with van der Waals surface area (Å²) in [6.07, 6.45) is 4.12. The first kappa shape index (κ1) is 10.4. The first-order valence-electron chi connectivity index (χ1n) is 6.67. The average molecular weight is 243 g/mol. The van der Waals surface area contributed by atoms with Gasteiger partial charge in [0.25, 0.3) is 0 Å². The minimum atomic E-state index is 0.738. The maximum absolute atomic E-state index is 5.78. The smallest absolute Gasteiger partial charge is 0.209 e. The van der Waals surface area contributed by atoms with Crippen molar-refractivity contribution in [2.75, 3.05) is 12.3 Å². The monoisotopic (exact) mass is 243 g/mol. The first-order valence-corrected chi connectivity index (χ1v) is 6.67. The van der Waals surface area contributed by atoms with E-state index >= 15 is 0 Å². The molecule has 4 heteroatoms. The van der Waals surface area contributed by atoms with Gasteiger partial charge in [-0.15, -0.1) is 0 Å². The highest BCUT2D eigenvalue weighted by atomic mass is 16.3. The van der Waals surface area contributed by atoms with E-state index in [0.717, 1.165) is 41.2 Å². The predicted octanol–water partition coefficient (Wildman–Crippen LogP) is 2.39. The zero-order valence-electron chi connectivity index (χ0n) is 10.3. The van der Waals surface area contributed by atoms with Gasteiger partial charge in [0, 0.05) is 18.3 Å². The molecule has 1 saturated heterocycles. The maximum atomic E-state index is 5.78. The van der Waals surface area contributed by atoms with Gasteiger partial charge >= 0.3 is 0 Å². The van der Waals surface area contributed by atoms with Crippen LogP contribution in [0.3, 0.4) is 0 Å². The number of hydrogen-bond donors (Lipinski definition) is 1. The highest BCUT2D eigenvalue weighted by Gasteiger charge is 2.38. The Morgan fingerprint density at radius 1 is 1.39 bits per heavy atom. The lowest BCUT2D eigenvalue weighted by atomic mass is 10.1. The SMILES string of the molecule is Nc1ccc2oc(CN3CC4CCC3C4)nc2c1. The van der Waals surface area contributed by atoms with Crippen molar-refractivity contribution >= 4 is 16.8 Å². The number of fused-ring (bicyclic) bond motifs is 3. The molecule has 2 heterocycles. The molecule has 1 saturated carbocycles. The van der Waals surface area contributed by atoms with Crippen molar-refractivity contribution in [3.05, 3.63) is 24.1 Å². The van der Waals surface area contributed by atoms with E-state index in [1.54, 1.807) is 0 Å². The Hall–Kier alpha value is -1.55. The minimum Gasteiger partial charge on any atom is -0.439 e. The van der Waals surface area contributed by atoms with E-state index in [4.69, 9.17) is 10.2 Å². The molecule has 2 N–H and O–H groups in total. The number of nitrogens with two attached hydrogens (primary N) is 1. The largest absolute Gasteiger partial charge is 0.439 e. The molecule has 2 unspecified atom stereocenters. The third-order valence-corrected chi connectivity index (χ3v) is 4.32. The minimum absolute atomic E-state index is 0.738. The van der Waals surface area contributed by atoms with Gasteiger partial charge in [-0.05, 0) is 43.4 Å². The number of nitrogens with zero attached hydrogens (tertiary/aromatic N) is 2. The summed E-state index contributed by atoms with van der Waals surface area (Å²) >= 11 is 0. The molecule has 1 aromatic heterocycles. The van der Waals surface area contributed by atoms with Crippen molar-refractivity contribution in [2.24, 2.45) is 5.92 Å². The van der Waals surface area contributed by atoms with Crippen LogP contribution in [0.2, 0.25) is 0 Å². The van der Waals surface area contributed by atoms with Crippen LogP contribution in [0.1, 0.15) is 25.2 Å². The van der Waals surface area contributed by atoms with Crippen molar-refractivity contribution in [1.82, 2.24) is 9.88 Å². The number of hydrogen-bond acceptors (Lipinski definition) is 4. The third-order valence-electron chi connectivity index (χ3n) is 4.32. The van der Waals surface area contributed by atoms with Crippen LogP contribution in [-0.2, 0) is 6.54 Å². The molecule has 1 aliphatic carbocycles. The molecule has 4 rings (SSSR count). The fraction of sp³-hybridized carbons (Fsp3) is 0.500. The lowest BCUT2D eigenvalue weighted by molar-refractivity contribution is 0.188. The number of anilines is 1. The van der Waals surface area contributed by atoms with Crippen LogP contribution >= 0.6 is 0 Å². The number of aromatic nitrogens is 1. The fourth-order valence-electron chi connectivity index (χ4n) is 3.45. The van der Waals surface area contributed by atoms with Crippen molar-refractivity contribution in [2.45, 2.75) is 31.8 Å². The maximum Gasteiger partial charge on any atom is 0.209 e. The Bertz CT molecular complexity index is 592. The summed E-state index contributed by atoms with van der Waals surface area (Å²) in [7, 11) is 0. The predicted molar refractivity (Wildman–Crippen MR) is 70.0 cm³/mol. The van der Waals surface area contributed by atoms with Crippen LogP contribution in [-0.4, -0.2) is 22.5 Å². The first-order chi connectivity index (χ1) is 8.78. The van der Waals surface area contributed by atoms with E-state index in [2.05, 4.69) is 9.88 Å². The van der Waals surface area contributed by atoms with Crippen molar-refractivity contribution < 1.29 is 4.42 Å². The Morgan fingerprint density at radius 3 is 3.11 bits per heavy atom. The summed E-state index contributed by atoms with van der Waals surface area (Å²) in [5, 5.41) is 0. The van der Waals surface area contributed by atoms with E-state index in [0.29, 0.717) is 0 Å². The Kier molecular flexibility index (Phi) is 2.14. The molecule has 0 spiro atoms. The average Bonchev–Trinajstić information content (AvgIpc) is 3.02. The van der Waals surface area contributed by atoms with Crippen LogP contribution in [0, 0.1) is 5.92 Å². The molecule has 2 atom stereocenters. The molecular formula is C14H17N3O. The van der Waals surface area contributed by atoms with Gasteiger partial charge in [-0.1, -0.05) is 0 Å². The summed E-state index contributed by atoms with van der Waals surface area (Å²) < 4.78 is 5.78. The molecule has 2 bridgehead atoms. The van der Waals surface area contributed by atoms with Crippen LogP contribution in [0.4, 0.5) is 5.69 Å². The molecule has 2 aromatic rings. The second kappa shape index (κ2) is 3.72. The zero-order valence-corrected chi connectivity index (χ0v) is 10.3. The molecule has 4 nitrogen and oxygen atoms in total. The summed E-state index contributed by atoms with van der Waals surface area (Å²) in [5.41, 5.74) is 8.20. The van der Waals surface area contributed by atoms with Crippen molar-refractivity contribution in [3.63, 3.8) is 0 Å². The van der Waals surface area contributed by atoms with E-state index in [1.807, 2.05) is 18.2 Å². The molecule has 94 valence electrons. The number of nitrogen functional groups attached to an aromatic ring is 1. The Labute approximate surface area is 106 Å². The summed E-state index contributed by atoms with van der Waals surface area (Å²) in [4.78, 5) is 7.05. The van der Waals surface area contributed by atoms with E-state index in [9.17, 15) is 0 Å². The second-order valence-electron chi connectivity index (χ2n) is 5.60. The van der Waals surface area contributed by atoms with Gasteiger partial charge in [0.05, 0.1) is 6.54 Å². The van der Waals surface area contributed by atoms with Gasteiger partial charge in [0.15, 0.2) is 5.58 Å². The third kappa shape index (κ3) is 1.60. The quantitative estimate of drug-likeness (QED) is 0.823. The van der Waals surface area contributed by atoms with E-state index in [1.165, 1.54) is 25.8 Å². The lowest BCUT2D eigenvalue weighted by Gasteiger charge is -2.24. The van der Waals surface area contributed by atoms with Gasteiger partial charge in [0.1, 0.15) is 5.52 Å². The van der Waals surface area contributed by atoms with Gasteiger partial charge in [0.2, 0.25) is 5.89 Å².